The van der Waals surface area contributed by atoms with Gasteiger partial charge in [-0.25, -0.2) is 4.79 Å². The van der Waals surface area contributed by atoms with Gasteiger partial charge in [0.05, 0.1) is 7.11 Å². The number of rotatable bonds is 6. The Morgan fingerprint density at radius 3 is 2.36 bits per heavy atom. The van der Waals surface area contributed by atoms with Crippen molar-refractivity contribution < 1.29 is 28.6 Å². The van der Waals surface area contributed by atoms with E-state index in [1.54, 1.807) is 36.4 Å². The molecule has 0 saturated heterocycles. The van der Waals surface area contributed by atoms with Crippen LogP contribution in [0.25, 0.3) is 0 Å². The van der Waals surface area contributed by atoms with Crippen LogP contribution in [0.4, 0.5) is 5.69 Å². The number of hydrogen-bond donors (Lipinski definition) is 1. The molecule has 2 aromatic carbocycles. The number of carbonyl (C=O) groups is 3. The Morgan fingerprint density at radius 1 is 1.00 bits per heavy atom. The largest absolute Gasteiger partial charge is 0.482 e. The van der Waals surface area contributed by atoms with Crippen molar-refractivity contribution in [3.8, 4) is 11.5 Å². The van der Waals surface area contributed by atoms with E-state index in [4.69, 9.17) is 9.47 Å². The van der Waals surface area contributed by atoms with Crippen LogP contribution < -0.4 is 14.8 Å². The smallest absolute Gasteiger partial charge is 0.343 e. The van der Waals surface area contributed by atoms with Crippen LogP contribution in [0.3, 0.4) is 0 Å². The monoisotopic (exact) mass is 343 g/mol. The Bertz CT molecular complexity index is 769. The van der Waals surface area contributed by atoms with Crippen molar-refractivity contribution >= 4 is 23.5 Å². The van der Waals surface area contributed by atoms with Gasteiger partial charge in [-0.3, -0.25) is 9.59 Å². The Labute approximate surface area is 144 Å². The predicted molar refractivity (Wildman–Crippen MR) is 89.7 cm³/mol. The average Bonchev–Trinajstić information content (AvgIpc) is 2.60. The van der Waals surface area contributed by atoms with Crippen LogP contribution in [0.2, 0.25) is 0 Å². The molecule has 0 aliphatic carbocycles. The van der Waals surface area contributed by atoms with Gasteiger partial charge >= 0.3 is 11.9 Å². The molecule has 0 unspecified atom stereocenters. The van der Waals surface area contributed by atoms with E-state index in [9.17, 15) is 14.4 Å². The molecule has 0 spiro atoms. The topological polar surface area (TPSA) is 90.9 Å². The van der Waals surface area contributed by atoms with E-state index in [0.29, 0.717) is 22.7 Å². The fourth-order valence-electron chi connectivity index (χ4n) is 1.91. The van der Waals surface area contributed by atoms with Crippen LogP contribution in [-0.2, 0) is 14.3 Å². The van der Waals surface area contributed by atoms with Crippen molar-refractivity contribution in [2.24, 2.45) is 0 Å². The first-order chi connectivity index (χ1) is 12.0. The van der Waals surface area contributed by atoms with E-state index >= 15 is 0 Å². The lowest BCUT2D eigenvalue weighted by molar-refractivity contribution is -0.143. The second kappa shape index (κ2) is 8.49. The van der Waals surface area contributed by atoms with E-state index in [-0.39, 0.29) is 12.5 Å². The van der Waals surface area contributed by atoms with Crippen LogP contribution in [0.1, 0.15) is 17.3 Å². The predicted octanol–water partition coefficient (Wildman–Crippen LogP) is 2.42. The lowest BCUT2D eigenvalue weighted by Crippen LogP contribution is -2.14. The minimum atomic E-state index is -0.498. The van der Waals surface area contributed by atoms with Crippen molar-refractivity contribution in [1.82, 2.24) is 0 Å². The summed E-state index contributed by atoms with van der Waals surface area (Å²) in [6.07, 6.45) is 0. The van der Waals surface area contributed by atoms with Gasteiger partial charge < -0.3 is 19.5 Å². The molecule has 0 heterocycles. The Balaban J connectivity index is 2.00. The molecule has 0 radical (unpaired) electrons. The first-order valence-electron chi connectivity index (χ1n) is 7.37. The van der Waals surface area contributed by atoms with Crippen LogP contribution in [0, 0.1) is 0 Å². The highest BCUT2D eigenvalue weighted by Gasteiger charge is 2.08. The van der Waals surface area contributed by atoms with E-state index in [1.807, 2.05) is 0 Å². The molecular weight excluding hydrogens is 326 g/mol. The molecule has 0 bridgehead atoms. The van der Waals surface area contributed by atoms with Gasteiger partial charge in [0.2, 0.25) is 0 Å². The fourth-order valence-corrected chi connectivity index (χ4v) is 1.91. The second-order valence-electron chi connectivity index (χ2n) is 4.96. The maximum absolute atomic E-state index is 12.2. The van der Waals surface area contributed by atoms with Gasteiger partial charge in [0.1, 0.15) is 11.5 Å². The molecular formula is C18H17NO6. The maximum atomic E-state index is 12.2. The molecule has 0 fully saturated rings. The van der Waals surface area contributed by atoms with Gasteiger partial charge in [-0.1, -0.05) is 6.07 Å². The number of esters is 2. The average molecular weight is 343 g/mol. The second-order valence-corrected chi connectivity index (χ2v) is 4.96. The van der Waals surface area contributed by atoms with Crippen molar-refractivity contribution in [2.45, 2.75) is 6.92 Å². The summed E-state index contributed by atoms with van der Waals surface area (Å²) < 4.78 is 14.7. The van der Waals surface area contributed by atoms with Crippen LogP contribution >= 0.6 is 0 Å². The Hall–Kier alpha value is -3.35. The lowest BCUT2D eigenvalue weighted by atomic mass is 10.2. The molecule has 0 aliphatic rings. The molecule has 2 aromatic rings. The third-order valence-corrected chi connectivity index (χ3v) is 3.05. The highest BCUT2D eigenvalue weighted by Crippen LogP contribution is 2.19. The zero-order valence-electron chi connectivity index (χ0n) is 13.8. The number of methoxy groups -OCH3 is 1. The molecule has 1 amide bonds. The summed E-state index contributed by atoms with van der Waals surface area (Å²) >= 11 is 0. The standard InChI is InChI=1S/C18H17NO6/c1-12(20)25-15-8-6-13(7-9-15)18(22)19-14-4-3-5-16(10-14)24-11-17(21)23-2/h3-10H,11H2,1-2H3,(H,19,22). The van der Waals surface area contributed by atoms with Gasteiger partial charge in [0.25, 0.3) is 5.91 Å². The number of amides is 1. The quantitative estimate of drug-likeness (QED) is 0.640. The number of ether oxygens (including phenoxy) is 3. The molecule has 130 valence electrons. The third-order valence-electron chi connectivity index (χ3n) is 3.05. The molecule has 0 atom stereocenters. The molecule has 2 rings (SSSR count). The minimum absolute atomic E-state index is 0.217. The number of anilines is 1. The van der Waals surface area contributed by atoms with Crippen molar-refractivity contribution in [3.05, 3.63) is 54.1 Å². The first-order valence-corrected chi connectivity index (χ1v) is 7.37. The van der Waals surface area contributed by atoms with E-state index in [0.717, 1.165) is 0 Å². The highest BCUT2D eigenvalue weighted by molar-refractivity contribution is 6.04. The van der Waals surface area contributed by atoms with Gasteiger partial charge in [0.15, 0.2) is 6.61 Å². The summed E-state index contributed by atoms with van der Waals surface area (Å²) in [6, 6.07) is 12.8. The Kier molecular flexibility index (Phi) is 6.11. The first kappa shape index (κ1) is 18.0. The maximum Gasteiger partial charge on any atom is 0.343 e. The zero-order chi connectivity index (χ0) is 18.2. The van der Waals surface area contributed by atoms with Crippen molar-refractivity contribution in [3.63, 3.8) is 0 Å². The molecule has 7 heteroatoms. The summed E-state index contributed by atoms with van der Waals surface area (Å²) in [4.78, 5) is 34.2. The minimum Gasteiger partial charge on any atom is -0.482 e. The van der Waals surface area contributed by atoms with Crippen LogP contribution in [0.5, 0.6) is 11.5 Å². The van der Waals surface area contributed by atoms with E-state index < -0.39 is 11.9 Å². The Morgan fingerprint density at radius 2 is 1.72 bits per heavy atom. The highest BCUT2D eigenvalue weighted by atomic mass is 16.6. The SMILES string of the molecule is COC(=O)COc1cccc(NC(=O)c2ccc(OC(C)=O)cc2)c1. The van der Waals surface area contributed by atoms with Gasteiger partial charge in [0, 0.05) is 24.2 Å². The zero-order valence-corrected chi connectivity index (χ0v) is 13.8. The van der Waals surface area contributed by atoms with Gasteiger partial charge in [-0.2, -0.15) is 0 Å². The summed E-state index contributed by atoms with van der Waals surface area (Å²) in [5, 5.41) is 2.72. The fraction of sp³-hybridized carbons (Fsp3) is 0.167. The molecule has 25 heavy (non-hydrogen) atoms. The van der Waals surface area contributed by atoms with Crippen molar-refractivity contribution in [2.75, 3.05) is 19.0 Å². The summed E-state index contributed by atoms with van der Waals surface area (Å²) in [5.74, 6) is -0.474. The summed E-state index contributed by atoms with van der Waals surface area (Å²) in [6.45, 7) is 1.08. The molecule has 0 saturated carbocycles. The molecule has 1 N–H and O–H groups in total. The number of hydrogen-bond acceptors (Lipinski definition) is 6. The third kappa shape index (κ3) is 5.65. The number of nitrogens with one attached hydrogen (secondary N) is 1. The lowest BCUT2D eigenvalue weighted by Gasteiger charge is -2.09. The molecule has 0 aliphatic heterocycles. The number of carbonyl (C=O) groups excluding carboxylic acids is 3. The normalized spacial score (nSPS) is 9.84. The van der Waals surface area contributed by atoms with E-state index in [1.165, 1.54) is 26.2 Å². The van der Waals surface area contributed by atoms with Crippen LogP contribution in [-0.4, -0.2) is 31.6 Å². The van der Waals surface area contributed by atoms with E-state index in [2.05, 4.69) is 10.1 Å². The molecule has 0 aromatic heterocycles. The van der Waals surface area contributed by atoms with Crippen LogP contribution in [0.15, 0.2) is 48.5 Å². The summed E-state index contributed by atoms with van der Waals surface area (Å²) in [5.41, 5.74) is 0.910. The number of benzene rings is 2. The summed E-state index contributed by atoms with van der Waals surface area (Å²) in [7, 11) is 1.27. The van der Waals surface area contributed by atoms with Gasteiger partial charge in [-0.05, 0) is 36.4 Å². The molecule has 7 nitrogen and oxygen atoms in total. The van der Waals surface area contributed by atoms with Gasteiger partial charge in [-0.15, -0.1) is 0 Å². The van der Waals surface area contributed by atoms with Crippen molar-refractivity contribution in [1.29, 1.82) is 0 Å².